The third-order valence-electron chi connectivity index (χ3n) is 5.94. The van der Waals surface area contributed by atoms with Gasteiger partial charge in [0, 0.05) is 0 Å². The second kappa shape index (κ2) is 26.3. The number of rotatable bonds is 24. The molecule has 0 aromatic rings. The average Bonchev–Trinajstić information content (AvgIpc) is 2.75. The predicted octanol–water partition coefficient (Wildman–Crippen LogP) is 9.76. The minimum absolute atomic E-state index is 0.484. The van der Waals surface area contributed by atoms with Gasteiger partial charge < -0.3 is 9.47 Å². The maximum atomic E-state index is 11.5. The lowest BCUT2D eigenvalue weighted by Gasteiger charge is -2.06. The molecule has 0 N–H and O–H groups in total. The van der Waals surface area contributed by atoms with Crippen LogP contribution in [0.25, 0.3) is 0 Å². The van der Waals surface area contributed by atoms with E-state index in [4.69, 9.17) is 9.47 Å². The predicted molar refractivity (Wildman–Crippen MR) is 130 cm³/mol. The first kappa shape index (κ1) is 29.3. The van der Waals surface area contributed by atoms with Crippen LogP contribution >= 0.6 is 0 Å². The lowest BCUT2D eigenvalue weighted by molar-refractivity contribution is 0.0529. The Bertz CT molecular complexity index is 330. The van der Waals surface area contributed by atoms with E-state index in [9.17, 15) is 4.79 Å². The summed E-state index contributed by atoms with van der Waals surface area (Å²) in [5, 5.41) is 0. The summed E-state index contributed by atoms with van der Waals surface area (Å²) in [5.74, 6) is 0. The second-order valence-electron chi connectivity index (χ2n) is 9.02. The Kier molecular flexibility index (Phi) is 25.7. The van der Waals surface area contributed by atoms with Crippen molar-refractivity contribution in [3.05, 3.63) is 0 Å². The molecular formula is C27H54O3. The highest BCUT2D eigenvalue weighted by atomic mass is 16.7. The molecule has 0 aliphatic heterocycles. The van der Waals surface area contributed by atoms with E-state index in [1.54, 1.807) is 0 Å². The van der Waals surface area contributed by atoms with Crippen molar-refractivity contribution in [3.63, 3.8) is 0 Å². The number of ether oxygens (including phenoxy) is 2. The molecule has 0 unspecified atom stereocenters. The molecule has 0 radical (unpaired) electrons. The molecule has 0 atom stereocenters. The van der Waals surface area contributed by atoms with Crippen LogP contribution in [0.4, 0.5) is 4.79 Å². The van der Waals surface area contributed by atoms with Crippen LogP contribution in [0.15, 0.2) is 0 Å². The molecule has 0 fully saturated rings. The summed E-state index contributed by atoms with van der Waals surface area (Å²) in [6.07, 6.45) is 28.5. The zero-order valence-electron chi connectivity index (χ0n) is 20.7. The lowest BCUT2D eigenvalue weighted by Crippen LogP contribution is -2.09. The van der Waals surface area contributed by atoms with E-state index in [0.29, 0.717) is 13.2 Å². The molecule has 0 bridgehead atoms. The van der Waals surface area contributed by atoms with E-state index in [0.717, 1.165) is 25.7 Å². The van der Waals surface area contributed by atoms with E-state index in [1.807, 2.05) is 0 Å². The van der Waals surface area contributed by atoms with E-state index < -0.39 is 6.16 Å². The minimum Gasteiger partial charge on any atom is -0.434 e. The van der Waals surface area contributed by atoms with Gasteiger partial charge in [-0.2, -0.15) is 0 Å². The highest BCUT2D eigenvalue weighted by Gasteiger charge is 2.03. The maximum absolute atomic E-state index is 11.5. The van der Waals surface area contributed by atoms with Crippen molar-refractivity contribution < 1.29 is 14.3 Å². The number of carbonyl (C=O) groups excluding carboxylic acids is 1. The van der Waals surface area contributed by atoms with Crippen LogP contribution in [-0.2, 0) is 9.47 Å². The molecule has 0 saturated carbocycles. The summed E-state index contributed by atoms with van der Waals surface area (Å²) in [5.41, 5.74) is 0. The largest absolute Gasteiger partial charge is 0.508 e. The van der Waals surface area contributed by atoms with Gasteiger partial charge in [-0.3, -0.25) is 0 Å². The third kappa shape index (κ3) is 25.3. The van der Waals surface area contributed by atoms with Gasteiger partial charge in [0.15, 0.2) is 0 Å². The summed E-state index contributed by atoms with van der Waals surface area (Å²) in [6.45, 7) is 5.50. The van der Waals surface area contributed by atoms with Crippen molar-refractivity contribution in [1.29, 1.82) is 0 Å². The first-order valence-electron chi connectivity index (χ1n) is 13.6. The summed E-state index contributed by atoms with van der Waals surface area (Å²) >= 11 is 0. The van der Waals surface area contributed by atoms with Crippen LogP contribution in [0.2, 0.25) is 0 Å². The Hall–Kier alpha value is -0.730. The molecule has 0 aliphatic rings. The normalized spacial score (nSPS) is 11.0. The Morgan fingerprint density at radius 1 is 0.400 bits per heavy atom. The summed E-state index contributed by atoms with van der Waals surface area (Å²) in [7, 11) is 0. The Morgan fingerprint density at radius 2 is 0.633 bits per heavy atom. The van der Waals surface area contributed by atoms with Gasteiger partial charge in [-0.15, -0.1) is 0 Å². The fourth-order valence-electron chi connectivity index (χ4n) is 3.89. The maximum Gasteiger partial charge on any atom is 0.508 e. The SMILES string of the molecule is CCCCCCCCCCCCCCCCCCCOC(=O)OCCCCCCC. The van der Waals surface area contributed by atoms with E-state index in [2.05, 4.69) is 13.8 Å². The Balaban J connectivity index is 3.10. The zero-order chi connectivity index (χ0) is 22.0. The number of hydrogen-bond donors (Lipinski definition) is 0. The van der Waals surface area contributed by atoms with Gasteiger partial charge in [-0.05, 0) is 12.8 Å². The molecule has 0 amide bonds. The highest BCUT2D eigenvalue weighted by Crippen LogP contribution is 2.14. The van der Waals surface area contributed by atoms with Crippen molar-refractivity contribution in [2.75, 3.05) is 13.2 Å². The summed E-state index contributed by atoms with van der Waals surface area (Å²) in [6, 6.07) is 0. The molecule has 0 heterocycles. The second-order valence-corrected chi connectivity index (χ2v) is 9.02. The Labute approximate surface area is 189 Å². The Morgan fingerprint density at radius 3 is 0.900 bits per heavy atom. The molecule has 0 saturated heterocycles. The average molecular weight is 427 g/mol. The van der Waals surface area contributed by atoms with Gasteiger partial charge in [-0.1, -0.05) is 142 Å². The third-order valence-corrected chi connectivity index (χ3v) is 5.94. The van der Waals surface area contributed by atoms with Crippen LogP contribution in [0.1, 0.15) is 155 Å². The molecule has 3 nitrogen and oxygen atoms in total. The van der Waals surface area contributed by atoms with Gasteiger partial charge in [0.1, 0.15) is 0 Å². The monoisotopic (exact) mass is 426 g/mol. The molecule has 30 heavy (non-hydrogen) atoms. The van der Waals surface area contributed by atoms with Gasteiger partial charge >= 0.3 is 6.16 Å². The zero-order valence-corrected chi connectivity index (χ0v) is 20.7. The van der Waals surface area contributed by atoms with Gasteiger partial charge in [-0.25, -0.2) is 4.79 Å². The number of carbonyl (C=O) groups is 1. The molecule has 0 aromatic carbocycles. The van der Waals surface area contributed by atoms with Gasteiger partial charge in [0.2, 0.25) is 0 Å². The minimum atomic E-state index is -0.484. The van der Waals surface area contributed by atoms with Crippen molar-refractivity contribution in [2.45, 2.75) is 155 Å². The van der Waals surface area contributed by atoms with E-state index >= 15 is 0 Å². The van der Waals surface area contributed by atoms with Crippen molar-refractivity contribution in [3.8, 4) is 0 Å². The molecule has 180 valence electrons. The van der Waals surface area contributed by atoms with E-state index in [-0.39, 0.29) is 0 Å². The van der Waals surface area contributed by atoms with Crippen molar-refractivity contribution in [1.82, 2.24) is 0 Å². The topological polar surface area (TPSA) is 35.5 Å². The molecule has 0 aromatic heterocycles. The first-order chi connectivity index (χ1) is 14.8. The smallest absolute Gasteiger partial charge is 0.434 e. The van der Waals surface area contributed by atoms with Gasteiger partial charge in [0.25, 0.3) is 0 Å². The highest BCUT2D eigenvalue weighted by molar-refractivity contribution is 5.59. The standard InChI is InChI=1S/C27H54O3/c1-3-5-7-9-10-11-12-13-14-15-16-17-18-19-20-22-24-26-30-27(28)29-25-23-21-8-6-4-2/h3-26H2,1-2H3. The van der Waals surface area contributed by atoms with Crippen molar-refractivity contribution >= 4 is 6.16 Å². The lowest BCUT2D eigenvalue weighted by atomic mass is 10.0. The molecule has 0 spiro atoms. The molecular weight excluding hydrogens is 372 g/mol. The van der Waals surface area contributed by atoms with Crippen molar-refractivity contribution in [2.24, 2.45) is 0 Å². The molecule has 0 rings (SSSR count). The van der Waals surface area contributed by atoms with Gasteiger partial charge in [0.05, 0.1) is 13.2 Å². The van der Waals surface area contributed by atoms with E-state index in [1.165, 1.54) is 116 Å². The quantitative estimate of drug-likeness (QED) is 0.114. The summed E-state index contributed by atoms with van der Waals surface area (Å²) < 4.78 is 10.2. The number of hydrogen-bond acceptors (Lipinski definition) is 3. The number of unbranched alkanes of at least 4 members (excludes halogenated alkanes) is 20. The summed E-state index contributed by atoms with van der Waals surface area (Å²) in [4.78, 5) is 11.5. The van der Waals surface area contributed by atoms with Crippen LogP contribution in [0, 0.1) is 0 Å². The fourth-order valence-corrected chi connectivity index (χ4v) is 3.89. The first-order valence-corrected chi connectivity index (χ1v) is 13.6. The van der Waals surface area contributed by atoms with Crippen LogP contribution in [0.3, 0.4) is 0 Å². The van der Waals surface area contributed by atoms with Crippen LogP contribution in [0.5, 0.6) is 0 Å². The fraction of sp³-hybridized carbons (Fsp3) is 0.963. The van der Waals surface area contributed by atoms with Crippen LogP contribution in [-0.4, -0.2) is 19.4 Å². The molecule has 3 heteroatoms. The van der Waals surface area contributed by atoms with Crippen LogP contribution < -0.4 is 0 Å². The molecule has 0 aliphatic carbocycles.